The molecule has 0 unspecified atom stereocenters. The predicted molar refractivity (Wildman–Crippen MR) is 94.3 cm³/mol. The molecule has 2 aromatic carbocycles. The third-order valence-corrected chi connectivity index (χ3v) is 4.80. The first kappa shape index (κ1) is 15.2. The van der Waals surface area contributed by atoms with Crippen LogP contribution in [-0.4, -0.2) is 13.6 Å². The van der Waals surface area contributed by atoms with Gasteiger partial charge in [-0.1, -0.05) is 48.5 Å². The molecule has 1 heterocycles. The maximum Gasteiger partial charge on any atom is 0.0933 e. The molecule has 114 valence electrons. The van der Waals surface area contributed by atoms with Gasteiger partial charge in [0.25, 0.3) is 0 Å². The van der Waals surface area contributed by atoms with Crippen molar-refractivity contribution in [3.63, 3.8) is 0 Å². The molecule has 1 aromatic heterocycles. The Morgan fingerprint density at radius 2 is 1.91 bits per heavy atom. The molecule has 2 nitrogen and oxygen atoms in total. The van der Waals surface area contributed by atoms with E-state index in [0.717, 1.165) is 13.0 Å². The van der Waals surface area contributed by atoms with Crippen molar-refractivity contribution < 1.29 is 4.74 Å². The summed E-state index contributed by atoms with van der Waals surface area (Å²) >= 11 is 1.77. The Balaban J connectivity index is 1.76. The standard InChI is InChI=1S/C19H21NOS/c1-20-12-11-18(19-10-5-13-22-19)21-14-16-8-4-7-15-6-2-3-9-17(15)16/h2-10,13,18,20H,11-12,14H2,1H3/t18-/m0/s1. The molecule has 0 aliphatic rings. The Kier molecular flexibility index (Phi) is 5.22. The second kappa shape index (κ2) is 7.54. The zero-order chi connectivity index (χ0) is 15.2. The van der Waals surface area contributed by atoms with E-state index in [1.54, 1.807) is 11.3 Å². The van der Waals surface area contributed by atoms with Crippen molar-refractivity contribution in [2.45, 2.75) is 19.1 Å². The molecule has 0 spiro atoms. The van der Waals surface area contributed by atoms with Crippen LogP contribution in [0.25, 0.3) is 10.8 Å². The molecule has 0 aliphatic carbocycles. The molecular formula is C19H21NOS. The van der Waals surface area contributed by atoms with E-state index < -0.39 is 0 Å². The molecule has 0 aliphatic heterocycles. The van der Waals surface area contributed by atoms with Crippen molar-refractivity contribution in [3.05, 3.63) is 70.4 Å². The number of ether oxygens (including phenoxy) is 1. The lowest BCUT2D eigenvalue weighted by Gasteiger charge is -2.17. The van der Waals surface area contributed by atoms with E-state index in [2.05, 4.69) is 65.3 Å². The fourth-order valence-corrected chi connectivity index (χ4v) is 3.48. The summed E-state index contributed by atoms with van der Waals surface area (Å²) in [5.74, 6) is 0. The van der Waals surface area contributed by atoms with Crippen LogP contribution in [0.3, 0.4) is 0 Å². The second-order valence-corrected chi connectivity index (χ2v) is 6.32. The summed E-state index contributed by atoms with van der Waals surface area (Å²) in [7, 11) is 1.98. The lowest BCUT2D eigenvalue weighted by molar-refractivity contribution is 0.0374. The van der Waals surface area contributed by atoms with Gasteiger partial charge in [0.2, 0.25) is 0 Å². The Labute approximate surface area is 135 Å². The fraction of sp³-hybridized carbons (Fsp3) is 0.263. The van der Waals surface area contributed by atoms with Gasteiger partial charge in [-0.25, -0.2) is 0 Å². The van der Waals surface area contributed by atoms with Gasteiger partial charge < -0.3 is 10.1 Å². The van der Waals surface area contributed by atoms with Crippen LogP contribution in [0.2, 0.25) is 0 Å². The van der Waals surface area contributed by atoms with Crippen molar-refractivity contribution in [1.82, 2.24) is 5.32 Å². The molecule has 0 saturated heterocycles. The highest BCUT2D eigenvalue weighted by Crippen LogP contribution is 2.28. The van der Waals surface area contributed by atoms with E-state index in [4.69, 9.17) is 4.74 Å². The quantitative estimate of drug-likeness (QED) is 0.678. The van der Waals surface area contributed by atoms with Crippen molar-refractivity contribution in [2.75, 3.05) is 13.6 Å². The van der Waals surface area contributed by atoms with Crippen molar-refractivity contribution in [1.29, 1.82) is 0 Å². The smallest absolute Gasteiger partial charge is 0.0933 e. The number of benzene rings is 2. The molecule has 3 rings (SSSR count). The summed E-state index contributed by atoms with van der Waals surface area (Å²) in [4.78, 5) is 1.30. The predicted octanol–water partition coefficient (Wildman–Crippen LogP) is 4.77. The number of rotatable bonds is 7. The lowest BCUT2D eigenvalue weighted by Crippen LogP contribution is -2.13. The summed E-state index contributed by atoms with van der Waals surface area (Å²) < 4.78 is 6.25. The zero-order valence-corrected chi connectivity index (χ0v) is 13.6. The molecule has 0 bridgehead atoms. The Morgan fingerprint density at radius 3 is 2.73 bits per heavy atom. The minimum atomic E-state index is 0.159. The van der Waals surface area contributed by atoms with E-state index in [-0.39, 0.29) is 6.10 Å². The van der Waals surface area contributed by atoms with Crippen molar-refractivity contribution >= 4 is 22.1 Å². The molecule has 1 atom stereocenters. The van der Waals surface area contributed by atoms with Gasteiger partial charge in [-0.2, -0.15) is 0 Å². The Morgan fingerprint density at radius 1 is 1.05 bits per heavy atom. The Bertz CT molecular complexity index is 703. The largest absolute Gasteiger partial charge is 0.368 e. The first-order valence-corrected chi connectivity index (χ1v) is 8.52. The van der Waals surface area contributed by atoms with Gasteiger partial charge in [-0.3, -0.25) is 0 Å². The van der Waals surface area contributed by atoms with E-state index in [1.807, 2.05) is 7.05 Å². The number of hydrogen-bond acceptors (Lipinski definition) is 3. The average molecular weight is 311 g/mol. The zero-order valence-electron chi connectivity index (χ0n) is 12.8. The first-order valence-electron chi connectivity index (χ1n) is 7.64. The Hall–Kier alpha value is -1.68. The summed E-state index contributed by atoms with van der Waals surface area (Å²) in [6.07, 6.45) is 1.15. The highest BCUT2D eigenvalue weighted by Gasteiger charge is 2.13. The fourth-order valence-electron chi connectivity index (χ4n) is 2.67. The van der Waals surface area contributed by atoms with E-state index in [9.17, 15) is 0 Å². The van der Waals surface area contributed by atoms with Crippen LogP contribution in [0.15, 0.2) is 60.0 Å². The minimum absolute atomic E-state index is 0.159. The van der Waals surface area contributed by atoms with E-state index >= 15 is 0 Å². The number of nitrogens with one attached hydrogen (secondary N) is 1. The third-order valence-electron chi connectivity index (χ3n) is 3.84. The topological polar surface area (TPSA) is 21.3 Å². The summed E-state index contributed by atoms with van der Waals surface area (Å²) in [5, 5.41) is 7.88. The molecular weight excluding hydrogens is 290 g/mol. The first-order chi connectivity index (χ1) is 10.9. The monoisotopic (exact) mass is 311 g/mol. The molecule has 0 saturated carbocycles. The van der Waals surface area contributed by atoms with Gasteiger partial charge in [0.1, 0.15) is 0 Å². The number of thiophene rings is 1. The average Bonchev–Trinajstić information content (AvgIpc) is 3.09. The lowest BCUT2D eigenvalue weighted by atomic mass is 10.1. The molecule has 0 radical (unpaired) electrons. The molecule has 0 amide bonds. The van der Waals surface area contributed by atoms with Gasteiger partial charge in [0.05, 0.1) is 12.7 Å². The van der Waals surface area contributed by atoms with Gasteiger partial charge in [0.15, 0.2) is 0 Å². The van der Waals surface area contributed by atoms with Crippen LogP contribution in [0.4, 0.5) is 0 Å². The van der Waals surface area contributed by atoms with Crippen LogP contribution < -0.4 is 5.32 Å². The van der Waals surface area contributed by atoms with Crippen LogP contribution in [-0.2, 0) is 11.3 Å². The number of fused-ring (bicyclic) bond motifs is 1. The highest BCUT2D eigenvalue weighted by atomic mass is 32.1. The minimum Gasteiger partial charge on any atom is -0.368 e. The van der Waals surface area contributed by atoms with Crippen LogP contribution in [0.5, 0.6) is 0 Å². The summed E-state index contributed by atoms with van der Waals surface area (Å²) in [6, 6.07) is 19.1. The summed E-state index contributed by atoms with van der Waals surface area (Å²) in [6.45, 7) is 1.60. The van der Waals surface area contributed by atoms with Crippen molar-refractivity contribution in [3.8, 4) is 0 Å². The van der Waals surface area contributed by atoms with E-state index in [0.29, 0.717) is 6.61 Å². The normalized spacial score (nSPS) is 12.6. The third kappa shape index (κ3) is 3.55. The number of hydrogen-bond donors (Lipinski definition) is 1. The molecule has 0 fully saturated rings. The SMILES string of the molecule is CNCC[C@H](OCc1cccc2ccccc12)c1cccs1. The molecule has 22 heavy (non-hydrogen) atoms. The van der Waals surface area contributed by atoms with E-state index in [1.165, 1.54) is 21.2 Å². The molecule has 1 N–H and O–H groups in total. The van der Waals surface area contributed by atoms with Crippen LogP contribution in [0.1, 0.15) is 23.0 Å². The van der Waals surface area contributed by atoms with Crippen LogP contribution >= 0.6 is 11.3 Å². The van der Waals surface area contributed by atoms with Crippen LogP contribution in [0, 0.1) is 0 Å². The van der Waals surface area contributed by atoms with Crippen molar-refractivity contribution in [2.24, 2.45) is 0 Å². The maximum atomic E-state index is 6.25. The highest BCUT2D eigenvalue weighted by molar-refractivity contribution is 7.10. The van der Waals surface area contributed by atoms with Gasteiger partial charge >= 0.3 is 0 Å². The second-order valence-electron chi connectivity index (χ2n) is 5.35. The van der Waals surface area contributed by atoms with Gasteiger partial charge in [-0.05, 0) is 47.8 Å². The van der Waals surface area contributed by atoms with Gasteiger partial charge in [-0.15, -0.1) is 11.3 Å². The molecule has 3 heteroatoms. The van der Waals surface area contributed by atoms with Gasteiger partial charge in [0, 0.05) is 4.88 Å². The summed E-state index contributed by atoms with van der Waals surface area (Å²) in [5.41, 5.74) is 1.25. The maximum absolute atomic E-state index is 6.25. The molecule has 3 aromatic rings.